The normalized spacial score (nSPS) is 49.6. The number of alkyl halides is 1. The van der Waals surface area contributed by atoms with Crippen LogP contribution in [-0.2, 0) is 15.6 Å². The van der Waals surface area contributed by atoms with Crippen LogP contribution < -0.4 is 0 Å². The summed E-state index contributed by atoms with van der Waals surface area (Å²) < 4.78 is 28.8. The molecule has 0 heterocycles. The summed E-state index contributed by atoms with van der Waals surface area (Å²) in [4.78, 5) is 12.6. The Hall–Kier alpha value is -1.07. The zero-order chi connectivity index (χ0) is 18.2. The Labute approximate surface area is 150 Å². The molecule has 1 N–H and O–H groups in total. The number of fused-ring (bicyclic) bond motifs is 5. The minimum atomic E-state index is -1.79. The van der Waals surface area contributed by atoms with E-state index in [1.807, 2.05) is 19.9 Å². The number of hydrogen-bond acceptors (Lipinski definition) is 3. The van der Waals surface area contributed by atoms with E-state index < -0.39 is 33.4 Å². The molecular weight excluding hydrogens is 339 g/mol. The van der Waals surface area contributed by atoms with Gasteiger partial charge in [0, 0.05) is 38.7 Å². The molecule has 4 rings (SSSR count). The predicted octanol–water partition coefficient (Wildman–Crippen LogP) is 3.23. The van der Waals surface area contributed by atoms with Crippen molar-refractivity contribution < 1.29 is 18.5 Å². The van der Waals surface area contributed by atoms with E-state index >= 15 is 4.39 Å². The standard InChI is InChI=1S/C20H25FO3S/c1-18-11-16(23)20(21)15(14(18)6-7-17(18)25(3)24)5-4-12-10-13(22)8-9-19(12,20)2/h7-10,14-16,23H,4-6,11H2,1-3H3/t14-,15-,16-,18-,19-,20-,25?/m0/s1. The van der Waals surface area contributed by atoms with Gasteiger partial charge in [0.25, 0.3) is 0 Å². The second-order valence-electron chi connectivity index (χ2n) is 8.52. The van der Waals surface area contributed by atoms with Crippen LogP contribution in [-0.4, -0.2) is 33.1 Å². The molecule has 136 valence electrons. The Bertz CT molecular complexity index is 769. The van der Waals surface area contributed by atoms with Gasteiger partial charge in [0.2, 0.25) is 0 Å². The van der Waals surface area contributed by atoms with E-state index in [1.54, 1.807) is 18.4 Å². The number of carbonyl (C=O) groups excluding carboxylic acids is 1. The smallest absolute Gasteiger partial charge is 0.178 e. The van der Waals surface area contributed by atoms with Gasteiger partial charge in [-0.25, -0.2) is 4.39 Å². The lowest BCUT2D eigenvalue weighted by Crippen LogP contribution is -2.66. The van der Waals surface area contributed by atoms with E-state index in [1.165, 1.54) is 6.08 Å². The third-order valence-electron chi connectivity index (χ3n) is 7.46. The number of hydrogen-bond donors (Lipinski definition) is 1. The van der Waals surface area contributed by atoms with Crippen LogP contribution in [0, 0.1) is 22.7 Å². The van der Waals surface area contributed by atoms with E-state index in [0.29, 0.717) is 19.3 Å². The maximum atomic E-state index is 16.6. The number of allylic oxidation sites excluding steroid dienone is 6. The van der Waals surface area contributed by atoms with Crippen molar-refractivity contribution in [3.05, 3.63) is 34.8 Å². The molecule has 2 saturated carbocycles. The summed E-state index contributed by atoms with van der Waals surface area (Å²) in [6.45, 7) is 3.86. The molecule has 0 amide bonds. The summed E-state index contributed by atoms with van der Waals surface area (Å²) in [5, 5.41) is 11.0. The highest BCUT2D eigenvalue weighted by molar-refractivity contribution is 7.88. The van der Waals surface area contributed by atoms with Crippen LogP contribution in [0.4, 0.5) is 4.39 Å². The van der Waals surface area contributed by atoms with Crippen molar-refractivity contribution in [1.82, 2.24) is 0 Å². The zero-order valence-electron chi connectivity index (χ0n) is 14.9. The fourth-order valence-corrected chi connectivity index (χ4v) is 7.41. The highest BCUT2D eigenvalue weighted by atomic mass is 32.2. The van der Waals surface area contributed by atoms with Crippen LogP contribution in [0.3, 0.4) is 0 Å². The van der Waals surface area contributed by atoms with Gasteiger partial charge in [-0.15, -0.1) is 0 Å². The molecule has 5 heteroatoms. The minimum Gasteiger partial charge on any atom is -0.390 e. The molecule has 7 atom stereocenters. The highest BCUT2D eigenvalue weighted by Gasteiger charge is 2.69. The average molecular weight is 364 g/mol. The lowest BCUT2D eigenvalue weighted by Gasteiger charge is -2.61. The van der Waals surface area contributed by atoms with Crippen molar-refractivity contribution in [3.63, 3.8) is 0 Å². The lowest BCUT2D eigenvalue weighted by molar-refractivity contribution is -0.184. The molecular formula is C20H25FO3S. The topological polar surface area (TPSA) is 54.4 Å². The Morgan fingerprint density at radius 2 is 2.04 bits per heavy atom. The number of rotatable bonds is 1. The van der Waals surface area contributed by atoms with Gasteiger partial charge in [0.15, 0.2) is 11.5 Å². The minimum absolute atomic E-state index is 0.0456. The molecule has 3 nitrogen and oxygen atoms in total. The number of halogens is 1. The first-order valence-electron chi connectivity index (χ1n) is 9.00. The molecule has 0 radical (unpaired) electrons. The molecule has 4 aliphatic carbocycles. The van der Waals surface area contributed by atoms with Gasteiger partial charge in [0.05, 0.1) is 6.10 Å². The molecule has 0 aromatic carbocycles. The molecule has 0 saturated heterocycles. The fourth-order valence-electron chi connectivity index (χ4n) is 6.19. The van der Waals surface area contributed by atoms with Gasteiger partial charge in [-0.2, -0.15) is 0 Å². The van der Waals surface area contributed by atoms with Crippen molar-refractivity contribution >= 4 is 16.6 Å². The highest BCUT2D eigenvalue weighted by Crippen LogP contribution is 2.67. The SMILES string of the molecule is CS(=O)C1=CC[C@H]2[C@@H]3CCC4=CC(=O)C=C[C@]4(C)[C@@]3(F)[C@@H](O)C[C@]12C. The van der Waals surface area contributed by atoms with E-state index in [4.69, 9.17) is 0 Å². The number of carbonyl (C=O) groups is 1. The van der Waals surface area contributed by atoms with Crippen LogP contribution in [0.2, 0.25) is 0 Å². The first-order valence-corrected chi connectivity index (χ1v) is 10.6. The summed E-state index contributed by atoms with van der Waals surface area (Å²) in [5.41, 5.74) is -2.35. The average Bonchev–Trinajstić information content (AvgIpc) is 2.87. The predicted molar refractivity (Wildman–Crippen MR) is 95.9 cm³/mol. The first-order chi connectivity index (χ1) is 11.6. The monoisotopic (exact) mass is 364 g/mol. The summed E-state index contributed by atoms with van der Waals surface area (Å²) >= 11 is 0. The molecule has 0 aliphatic heterocycles. The third kappa shape index (κ3) is 2.00. The molecule has 4 aliphatic rings. The van der Waals surface area contributed by atoms with Crippen LogP contribution >= 0.6 is 0 Å². The van der Waals surface area contributed by atoms with Gasteiger partial charge < -0.3 is 5.11 Å². The molecule has 1 unspecified atom stereocenters. The number of aliphatic hydroxyl groups excluding tert-OH is 1. The second kappa shape index (κ2) is 5.23. The van der Waals surface area contributed by atoms with Crippen LogP contribution in [0.1, 0.15) is 39.5 Å². The molecule has 25 heavy (non-hydrogen) atoms. The quantitative estimate of drug-likeness (QED) is 0.777. The Morgan fingerprint density at radius 1 is 1.32 bits per heavy atom. The molecule has 0 bridgehead atoms. The second-order valence-corrected chi connectivity index (χ2v) is 9.87. The Balaban J connectivity index is 1.81. The number of ketones is 1. The Kier molecular flexibility index (Phi) is 3.63. The van der Waals surface area contributed by atoms with Gasteiger partial charge >= 0.3 is 0 Å². The number of aliphatic hydroxyl groups is 1. The van der Waals surface area contributed by atoms with Crippen molar-refractivity contribution in [1.29, 1.82) is 0 Å². The van der Waals surface area contributed by atoms with Crippen LogP contribution in [0.15, 0.2) is 34.8 Å². The van der Waals surface area contributed by atoms with Gasteiger partial charge in [-0.3, -0.25) is 9.00 Å². The summed E-state index contributed by atoms with van der Waals surface area (Å²) in [5.74, 6) is -0.362. The van der Waals surface area contributed by atoms with Crippen LogP contribution in [0.25, 0.3) is 0 Å². The summed E-state index contributed by atoms with van der Waals surface area (Å²) in [6, 6.07) is 0. The van der Waals surface area contributed by atoms with E-state index in [0.717, 1.165) is 10.5 Å². The van der Waals surface area contributed by atoms with Gasteiger partial charge in [0.1, 0.15) is 0 Å². The maximum absolute atomic E-state index is 16.6. The zero-order valence-corrected chi connectivity index (χ0v) is 15.7. The molecule has 0 spiro atoms. The first kappa shape index (κ1) is 17.3. The van der Waals surface area contributed by atoms with Crippen molar-refractivity contribution in [2.45, 2.75) is 51.3 Å². The third-order valence-corrected chi connectivity index (χ3v) is 8.71. The summed E-state index contributed by atoms with van der Waals surface area (Å²) in [7, 11) is -1.10. The fraction of sp³-hybridized carbons (Fsp3) is 0.650. The van der Waals surface area contributed by atoms with E-state index in [9.17, 15) is 14.1 Å². The molecule has 2 fully saturated rings. The van der Waals surface area contributed by atoms with Crippen LogP contribution in [0.5, 0.6) is 0 Å². The lowest BCUT2D eigenvalue weighted by atomic mass is 9.46. The maximum Gasteiger partial charge on any atom is 0.178 e. The largest absolute Gasteiger partial charge is 0.390 e. The van der Waals surface area contributed by atoms with E-state index in [2.05, 4.69) is 0 Å². The van der Waals surface area contributed by atoms with Crippen molar-refractivity contribution in [3.8, 4) is 0 Å². The van der Waals surface area contributed by atoms with E-state index in [-0.39, 0.29) is 24.0 Å². The van der Waals surface area contributed by atoms with Gasteiger partial charge in [-0.1, -0.05) is 24.6 Å². The molecule has 0 aromatic heterocycles. The summed E-state index contributed by atoms with van der Waals surface area (Å²) in [6.07, 6.45) is 9.48. The van der Waals surface area contributed by atoms with Crippen molar-refractivity contribution in [2.75, 3.05) is 6.26 Å². The van der Waals surface area contributed by atoms with Gasteiger partial charge in [-0.05, 0) is 50.7 Å². The van der Waals surface area contributed by atoms with Crippen molar-refractivity contribution in [2.24, 2.45) is 22.7 Å². The Morgan fingerprint density at radius 3 is 2.72 bits per heavy atom. The molecule has 0 aromatic rings.